The molecule has 13 rings (SSSR count). The summed E-state index contributed by atoms with van der Waals surface area (Å²) in [6.45, 7) is 0. The van der Waals surface area contributed by atoms with Gasteiger partial charge in [-0.05, 0) is 121 Å². The number of benzene rings is 11. The molecular formula is C64H40N2S. The van der Waals surface area contributed by atoms with Crippen molar-refractivity contribution in [3.8, 4) is 78.0 Å². The first-order chi connectivity index (χ1) is 33.2. The third-order valence-electron chi connectivity index (χ3n) is 13.3. The Hall–Kier alpha value is -8.50. The first kappa shape index (κ1) is 38.9. The van der Waals surface area contributed by atoms with E-state index in [1.165, 1.54) is 75.5 Å². The third-order valence-corrected chi connectivity index (χ3v) is 14.5. The zero-order chi connectivity index (χ0) is 44.3. The van der Waals surface area contributed by atoms with E-state index in [9.17, 15) is 0 Å². The second-order valence-electron chi connectivity index (χ2n) is 17.3. The van der Waals surface area contributed by atoms with Gasteiger partial charge in [0, 0.05) is 42.1 Å². The van der Waals surface area contributed by atoms with Gasteiger partial charge >= 0.3 is 0 Å². The molecule has 2 heterocycles. The van der Waals surface area contributed by atoms with Crippen LogP contribution in [0.3, 0.4) is 0 Å². The Morgan fingerprint density at radius 2 is 0.701 bits per heavy atom. The summed E-state index contributed by atoms with van der Waals surface area (Å²) in [6, 6.07) is 85.6. The maximum Gasteiger partial charge on any atom is 0.0979 e. The van der Waals surface area contributed by atoms with Gasteiger partial charge in [-0.3, -0.25) is 4.98 Å². The molecule has 2 nitrogen and oxygen atoms in total. The molecule has 312 valence electrons. The van der Waals surface area contributed by atoms with E-state index in [1.54, 1.807) is 0 Å². The van der Waals surface area contributed by atoms with E-state index in [0.717, 1.165) is 55.3 Å². The number of nitrogens with zero attached hydrogens (tertiary/aromatic N) is 2. The monoisotopic (exact) mass is 868 g/mol. The molecule has 0 saturated carbocycles. The topological polar surface area (TPSA) is 25.8 Å². The molecule has 0 aliphatic carbocycles. The lowest BCUT2D eigenvalue weighted by Gasteiger charge is -2.14. The molecule has 0 bridgehead atoms. The molecule has 2 aromatic heterocycles. The highest BCUT2D eigenvalue weighted by atomic mass is 32.1. The molecule has 0 aliphatic heterocycles. The van der Waals surface area contributed by atoms with Crippen LogP contribution in [0.4, 0.5) is 0 Å². The zero-order valence-corrected chi connectivity index (χ0v) is 37.2. The van der Waals surface area contributed by atoms with Gasteiger partial charge in [0.1, 0.15) is 0 Å². The highest BCUT2D eigenvalue weighted by molar-refractivity contribution is 7.26. The number of hydrogen-bond donors (Lipinski definition) is 0. The van der Waals surface area contributed by atoms with E-state index >= 15 is 0 Å². The highest BCUT2D eigenvalue weighted by Gasteiger charge is 2.18. The summed E-state index contributed by atoms with van der Waals surface area (Å²) in [5, 5.41) is 7.10. The van der Waals surface area contributed by atoms with Gasteiger partial charge in [0.15, 0.2) is 0 Å². The second kappa shape index (κ2) is 16.2. The van der Waals surface area contributed by atoms with Crippen LogP contribution in [0, 0.1) is 0 Å². The Morgan fingerprint density at radius 3 is 1.28 bits per heavy atom. The second-order valence-corrected chi connectivity index (χ2v) is 18.4. The summed E-state index contributed by atoms with van der Waals surface area (Å²) in [7, 11) is 0. The minimum absolute atomic E-state index is 0.841. The van der Waals surface area contributed by atoms with E-state index < -0.39 is 0 Å². The van der Waals surface area contributed by atoms with Gasteiger partial charge in [-0.2, -0.15) is 0 Å². The molecule has 67 heavy (non-hydrogen) atoms. The standard InChI is InChI=1S/C64H40N2S/c1-5-15-41(16-6-1)47-27-30-53-54-31-28-48(42-17-7-2-8-18-42)37-58(54)63-62(57(53)36-47)65-40-60(66-63)51-26-14-24-46(34-51)45-23-13-25-50(33-45)55-38-52(44-21-11-4-12-22-44)39-59-56-35-49(43-19-9-3-10-20-43)29-32-61(56)67-64(55)59/h1-40H. The number of aromatic nitrogens is 2. The lowest BCUT2D eigenvalue weighted by Crippen LogP contribution is -1.93. The minimum Gasteiger partial charge on any atom is -0.252 e. The van der Waals surface area contributed by atoms with Crippen LogP contribution in [0.1, 0.15) is 0 Å². The van der Waals surface area contributed by atoms with E-state index in [0.29, 0.717) is 0 Å². The molecule has 0 amide bonds. The average molecular weight is 869 g/mol. The van der Waals surface area contributed by atoms with Crippen molar-refractivity contribution in [3.05, 3.63) is 243 Å². The summed E-state index contributed by atoms with van der Waals surface area (Å²) in [4.78, 5) is 10.8. The predicted octanol–water partition coefficient (Wildman–Crippen LogP) is 18.0. The Morgan fingerprint density at radius 1 is 0.269 bits per heavy atom. The van der Waals surface area contributed by atoms with Gasteiger partial charge in [-0.25, -0.2) is 4.98 Å². The lowest BCUT2D eigenvalue weighted by atomic mass is 9.93. The van der Waals surface area contributed by atoms with Gasteiger partial charge < -0.3 is 0 Å². The van der Waals surface area contributed by atoms with Crippen molar-refractivity contribution in [1.82, 2.24) is 9.97 Å². The largest absolute Gasteiger partial charge is 0.252 e. The van der Waals surface area contributed by atoms with Crippen LogP contribution in [-0.4, -0.2) is 9.97 Å². The fraction of sp³-hybridized carbons (Fsp3) is 0. The Kier molecular flexibility index (Phi) is 9.40. The Balaban J connectivity index is 0.945. The Labute approximate surface area is 392 Å². The summed E-state index contributed by atoms with van der Waals surface area (Å²) in [5.41, 5.74) is 17.9. The first-order valence-electron chi connectivity index (χ1n) is 22.8. The molecule has 11 aromatic carbocycles. The summed E-state index contributed by atoms with van der Waals surface area (Å²) in [6.07, 6.45) is 1.95. The van der Waals surface area contributed by atoms with Crippen molar-refractivity contribution in [2.75, 3.05) is 0 Å². The SMILES string of the molecule is c1ccc(-c2ccc3sc4c(-c5cccc(-c6cccc(-c7cnc8c9cc(-c%10ccccc%10)ccc9c9ccc(-c%10ccccc%10)cc9c8n7)c6)c5)cc(-c5ccccc5)cc4c3c2)cc1. The van der Waals surface area contributed by atoms with E-state index in [2.05, 4.69) is 237 Å². The van der Waals surface area contributed by atoms with E-state index in [-0.39, 0.29) is 0 Å². The summed E-state index contributed by atoms with van der Waals surface area (Å²) >= 11 is 1.88. The molecule has 0 atom stereocenters. The van der Waals surface area contributed by atoms with Crippen molar-refractivity contribution in [1.29, 1.82) is 0 Å². The molecule has 0 fully saturated rings. The van der Waals surface area contributed by atoms with Crippen LogP contribution in [0.5, 0.6) is 0 Å². The Bertz CT molecular complexity index is 4010. The molecule has 0 unspecified atom stereocenters. The van der Waals surface area contributed by atoms with E-state index in [1.807, 2.05) is 17.5 Å². The summed E-state index contributed by atoms with van der Waals surface area (Å²) < 4.78 is 2.58. The molecule has 0 spiro atoms. The fourth-order valence-electron chi connectivity index (χ4n) is 9.91. The van der Waals surface area contributed by atoms with Gasteiger partial charge in [0.2, 0.25) is 0 Å². The van der Waals surface area contributed by atoms with Crippen molar-refractivity contribution in [3.63, 3.8) is 0 Å². The molecule has 13 aromatic rings. The molecular weight excluding hydrogens is 829 g/mol. The summed E-state index contributed by atoms with van der Waals surface area (Å²) in [5.74, 6) is 0. The van der Waals surface area contributed by atoms with Crippen molar-refractivity contribution in [2.24, 2.45) is 0 Å². The number of thiophene rings is 1. The van der Waals surface area contributed by atoms with Crippen LogP contribution in [0.2, 0.25) is 0 Å². The highest BCUT2D eigenvalue weighted by Crippen LogP contribution is 2.45. The van der Waals surface area contributed by atoms with Crippen LogP contribution < -0.4 is 0 Å². The van der Waals surface area contributed by atoms with Crippen LogP contribution in [0.25, 0.3) is 131 Å². The van der Waals surface area contributed by atoms with E-state index in [4.69, 9.17) is 9.97 Å². The molecule has 0 aliphatic rings. The van der Waals surface area contributed by atoms with Gasteiger partial charge in [-0.15, -0.1) is 11.3 Å². The fourth-order valence-corrected chi connectivity index (χ4v) is 11.1. The quantitative estimate of drug-likeness (QED) is 0.149. The first-order valence-corrected chi connectivity index (χ1v) is 23.6. The number of hydrogen-bond acceptors (Lipinski definition) is 3. The normalized spacial score (nSPS) is 11.6. The lowest BCUT2D eigenvalue weighted by molar-refractivity contribution is 1.31. The molecule has 3 heteroatoms. The van der Waals surface area contributed by atoms with Crippen LogP contribution >= 0.6 is 11.3 Å². The van der Waals surface area contributed by atoms with Gasteiger partial charge in [-0.1, -0.05) is 188 Å². The van der Waals surface area contributed by atoms with Crippen molar-refractivity contribution in [2.45, 2.75) is 0 Å². The molecule has 0 radical (unpaired) electrons. The van der Waals surface area contributed by atoms with Crippen LogP contribution in [-0.2, 0) is 0 Å². The minimum atomic E-state index is 0.841. The predicted molar refractivity (Wildman–Crippen MR) is 285 cm³/mol. The zero-order valence-electron chi connectivity index (χ0n) is 36.4. The molecule has 0 saturated heterocycles. The maximum atomic E-state index is 5.52. The maximum absolute atomic E-state index is 5.52. The van der Waals surface area contributed by atoms with Gasteiger partial charge in [0.05, 0.1) is 22.9 Å². The van der Waals surface area contributed by atoms with Crippen molar-refractivity contribution >= 4 is 64.1 Å². The average Bonchev–Trinajstić information content (AvgIpc) is 3.79. The third kappa shape index (κ3) is 6.96. The van der Waals surface area contributed by atoms with Gasteiger partial charge in [0.25, 0.3) is 0 Å². The van der Waals surface area contributed by atoms with Crippen molar-refractivity contribution < 1.29 is 0 Å². The van der Waals surface area contributed by atoms with Crippen LogP contribution in [0.15, 0.2) is 243 Å². The molecule has 0 N–H and O–H groups in total. The smallest absolute Gasteiger partial charge is 0.0979 e. The number of rotatable bonds is 7. The number of fused-ring (bicyclic) bond motifs is 9.